The molecule has 0 radical (unpaired) electrons. The van der Waals surface area contributed by atoms with E-state index in [0.717, 1.165) is 0 Å². The number of aromatic nitrogens is 2. The monoisotopic (exact) mass is 295 g/mol. The molecule has 0 atom stereocenters. The van der Waals surface area contributed by atoms with Crippen LogP contribution in [0.1, 0.15) is 21.7 Å². The molecular formula is C12H13N3O4S. The van der Waals surface area contributed by atoms with Crippen molar-refractivity contribution < 1.29 is 13.2 Å². The second-order valence-electron chi connectivity index (χ2n) is 4.14. The van der Waals surface area contributed by atoms with Crippen LogP contribution in [0.25, 0.3) is 0 Å². The van der Waals surface area contributed by atoms with E-state index in [1.807, 2.05) is 0 Å². The van der Waals surface area contributed by atoms with Gasteiger partial charge in [0.1, 0.15) is 5.69 Å². The first kappa shape index (κ1) is 14.2. The zero-order valence-corrected chi connectivity index (χ0v) is 11.7. The van der Waals surface area contributed by atoms with Crippen LogP contribution in [-0.4, -0.2) is 31.2 Å². The molecule has 0 amide bonds. The summed E-state index contributed by atoms with van der Waals surface area (Å²) >= 11 is 0. The number of hydrogen-bond acceptors (Lipinski definition) is 4. The number of sulfonamides is 1. The summed E-state index contributed by atoms with van der Waals surface area (Å²) in [6, 6.07) is 5.47. The number of nitrogens with one attached hydrogen (secondary N) is 3. The SMILES string of the molecule is CNS(=O)(=O)c1ccc(C(=O)c2[nH]c(=O)[nH]c2C)cc1. The molecule has 7 nitrogen and oxygen atoms in total. The molecule has 3 N–H and O–H groups in total. The Morgan fingerprint density at radius 3 is 2.20 bits per heavy atom. The molecule has 1 aromatic carbocycles. The third-order valence-electron chi connectivity index (χ3n) is 2.84. The molecule has 2 aromatic rings. The first-order valence-electron chi connectivity index (χ1n) is 5.72. The molecule has 0 aliphatic heterocycles. The standard InChI is InChI=1S/C12H13N3O4S/c1-7-10(15-12(17)14-7)11(16)8-3-5-9(6-4-8)20(18,19)13-2/h3-6,13H,1-2H3,(H2,14,15,17). The summed E-state index contributed by atoms with van der Waals surface area (Å²) in [5.41, 5.74) is 0.435. The second-order valence-corrected chi connectivity index (χ2v) is 6.03. The van der Waals surface area contributed by atoms with Crippen molar-refractivity contribution in [2.45, 2.75) is 11.8 Å². The van der Waals surface area contributed by atoms with Gasteiger partial charge in [0.2, 0.25) is 15.8 Å². The molecule has 20 heavy (non-hydrogen) atoms. The molecule has 0 spiro atoms. The zero-order chi connectivity index (χ0) is 14.9. The van der Waals surface area contributed by atoms with Gasteiger partial charge in [-0.05, 0) is 38.2 Å². The number of hydrogen-bond donors (Lipinski definition) is 3. The van der Waals surface area contributed by atoms with Gasteiger partial charge in [-0.15, -0.1) is 0 Å². The summed E-state index contributed by atoms with van der Waals surface area (Å²) in [7, 11) is -2.23. The number of aryl methyl sites for hydroxylation is 1. The Hall–Kier alpha value is -2.19. The van der Waals surface area contributed by atoms with Gasteiger partial charge in [-0.25, -0.2) is 17.9 Å². The van der Waals surface area contributed by atoms with Gasteiger partial charge in [0.25, 0.3) is 0 Å². The summed E-state index contributed by atoms with van der Waals surface area (Å²) in [6.07, 6.45) is 0. The Morgan fingerprint density at radius 2 is 1.75 bits per heavy atom. The van der Waals surface area contributed by atoms with Crippen molar-refractivity contribution in [1.82, 2.24) is 14.7 Å². The highest BCUT2D eigenvalue weighted by molar-refractivity contribution is 7.89. The van der Waals surface area contributed by atoms with Crippen LogP contribution in [0.2, 0.25) is 0 Å². The third-order valence-corrected chi connectivity index (χ3v) is 4.27. The van der Waals surface area contributed by atoms with Crippen molar-refractivity contribution in [2.24, 2.45) is 0 Å². The van der Waals surface area contributed by atoms with Crippen molar-refractivity contribution in [1.29, 1.82) is 0 Å². The highest BCUT2D eigenvalue weighted by Crippen LogP contribution is 2.13. The van der Waals surface area contributed by atoms with Crippen molar-refractivity contribution >= 4 is 15.8 Å². The van der Waals surface area contributed by atoms with Gasteiger partial charge in [-0.2, -0.15) is 0 Å². The Bertz CT molecular complexity index is 800. The summed E-state index contributed by atoms with van der Waals surface area (Å²) in [5.74, 6) is -0.380. The van der Waals surface area contributed by atoms with Gasteiger partial charge >= 0.3 is 5.69 Å². The number of H-pyrrole nitrogens is 2. The molecule has 0 aliphatic carbocycles. The number of carbonyl (C=O) groups is 1. The molecule has 0 saturated heterocycles. The van der Waals surface area contributed by atoms with E-state index in [1.165, 1.54) is 31.3 Å². The molecule has 0 fully saturated rings. The van der Waals surface area contributed by atoms with Crippen molar-refractivity contribution in [3.8, 4) is 0 Å². The lowest BCUT2D eigenvalue weighted by atomic mass is 10.1. The summed E-state index contributed by atoms with van der Waals surface area (Å²) in [5, 5.41) is 0. The minimum absolute atomic E-state index is 0.0656. The molecule has 0 bridgehead atoms. The van der Waals surface area contributed by atoms with Gasteiger partial charge in [-0.3, -0.25) is 4.79 Å². The molecule has 8 heteroatoms. The summed E-state index contributed by atoms with van der Waals surface area (Å²) in [4.78, 5) is 28.2. The topological polar surface area (TPSA) is 112 Å². The first-order valence-corrected chi connectivity index (χ1v) is 7.20. The zero-order valence-electron chi connectivity index (χ0n) is 10.9. The molecule has 106 valence electrons. The lowest BCUT2D eigenvalue weighted by molar-refractivity contribution is 0.103. The molecule has 0 aliphatic rings. The maximum atomic E-state index is 12.2. The predicted molar refractivity (Wildman–Crippen MR) is 72.3 cm³/mol. The Labute approximate surface area is 115 Å². The molecule has 1 heterocycles. The van der Waals surface area contributed by atoms with E-state index in [-0.39, 0.29) is 16.4 Å². The first-order chi connectivity index (χ1) is 9.35. The molecule has 0 unspecified atom stereocenters. The number of imidazole rings is 1. The van der Waals surface area contributed by atoms with Crippen LogP contribution in [0.5, 0.6) is 0 Å². The molecule has 0 saturated carbocycles. The van der Waals surface area contributed by atoms with Crippen LogP contribution in [0.4, 0.5) is 0 Å². The van der Waals surface area contributed by atoms with Crippen LogP contribution < -0.4 is 10.4 Å². The van der Waals surface area contributed by atoms with E-state index in [9.17, 15) is 18.0 Å². The predicted octanol–water partition coefficient (Wildman–Crippen LogP) is 0.151. The third kappa shape index (κ3) is 2.56. The number of carbonyl (C=O) groups excluding carboxylic acids is 1. The normalized spacial score (nSPS) is 11.5. The quantitative estimate of drug-likeness (QED) is 0.697. The highest BCUT2D eigenvalue weighted by Gasteiger charge is 2.16. The largest absolute Gasteiger partial charge is 0.323 e. The summed E-state index contributed by atoms with van der Waals surface area (Å²) < 4.78 is 25.3. The lowest BCUT2D eigenvalue weighted by Gasteiger charge is -2.04. The van der Waals surface area contributed by atoms with Crippen molar-refractivity contribution in [3.63, 3.8) is 0 Å². The highest BCUT2D eigenvalue weighted by atomic mass is 32.2. The van der Waals surface area contributed by atoms with Crippen molar-refractivity contribution in [3.05, 3.63) is 51.7 Å². The maximum absolute atomic E-state index is 12.2. The van der Waals surface area contributed by atoms with Gasteiger partial charge in [0, 0.05) is 11.3 Å². The Balaban J connectivity index is 2.38. The number of aromatic amines is 2. The fourth-order valence-corrected chi connectivity index (χ4v) is 2.48. The average molecular weight is 295 g/mol. The minimum atomic E-state index is -3.53. The van der Waals surface area contributed by atoms with E-state index in [1.54, 1.807) is 6.92 Å². The van der Waals surface area contributed by atoms with Crippen LogP contribution >= 0.6 is 0 Å². The van der Waals surface area contributed by atoms with Crippen LogP contribution in [-0.2, 0) is 10.0 Å². The Morgan fingerprint density at radius 1 is 1.15 bits per heavy atom. The smallest absolute Gasteiger partial charge is 0.310 e. The lowest BCUT2D eigenvalue weighted by Crippen LogP contribution is -2.18. The van der Waals surface area contributed by atoms with Gasteiger partial charge < -0.3 is 9.97 Å². The average Bonchev–Trinajstić information content (AvgIpc) is 2.77. The molecule has 2 rings (SSSR count). The van der Waals surface area contributed by atoms with E-state index in [0.29, 0.717) is 11.3 Å². The second kappa shape index (κ2) is 5.06. The molecule has 1 aromatic heterocycles. The number of ketones is 1. The Kier molecular flexibility index (Phi) is 3.60. The van der Waals surface area contributed by atoms with E-state index >= 15 is 0 Å². The van der Waals surface area contributed by atoms with Crippen LogP contribution in [0.3, 0.4) is 0 Å². The fourth-order valence-electron chi connectivity index (χ4n) is 1.75. The number of benzene rings is 1. The van der Waals surface area contributed by atoms with Gasteiger partial charge in [0.05, 0.1) is 4.90 Å². The van der Waals surface area contributed by atoms with Crippen LogP contribution in [0.15, 0.2) is 34.0 Å². The number of rotatable bonds is 4. The van der Waals surface area contributed by atoms with Crippen LogP contribution in [0, 0.1) is 6.92 Å². The summed E-state index contributed by atoms with van der Waals surface area (Å²) in [6.45, 7) is 1.60. The fraction of sp³-hybridized carbons (Fsp3) is 0.167. The van der Waals surface area contributed by atoms with Gasteiger partial charge in [-0.1, -0.05) is 0 Å². The van der Waals surface area contributed by atoms with E-state index in [4.69, 9.17) is 0 Å². The van der Waals surface area contributed by atoms with Gasteiger partial charge in [0.15, 0.2) is 0 Å². The minimum Gasteiger partial charge on any atom is -0.310 e. The van der Waals surface area contributed by atoms with Crippen molar-refractivity contribution in [2.75, 3.05) is 7.05 Å². The molecular weight excluding hydrogens is 282 g/mol. The van der Waals surface area contributed by atoms with E-state index < -0.39 is 15.7 Å². The maximum Gasteiger partial charge on any atom is 0.323 e. The van der Waals surface area contributed by atoms with E-state index in [2.05, 4.69) is 14.7 Å².